The van der Waals surface area contributed by atoms with E-state index in [-0.39, 0.29) is 31.9 Å². The van der Waals surface area contributed by atoms with Crippen LogP contribution in [0, 0.1) is 12.1 Å². The number of ether oxygens (including phenoxy) is 1. The molecule has 0 N–H and O–H groups in total. The second kappa shape index (κ2) is 12.8. The first kappa shape index (κ1) is 33.6. The van der Waals surface area contributed by atoms with Crippen molar-refractivity contribution in [2.75, 3.05) is 16.5 Å². The van der Waals surface area contributed by atoms with Gasteiger partial charge in [-0.05, 0) is 58.8 Å². The summed E-state index contributed by atoms with van der Waals surface area (Å²) in [5.74, 6) is 2.20. The fourth-order valence-corrected chi connectivity index (χ4v) is 6.83. The SMILES string of the molecule is CC(C)(C)c1ccnc(-n2c3[c-]c(Oc4[c-]c(N5CN(c6ccccc6)c6ccccc65)ccc4C(C)(C)C)ccc3c3ccccc32)c1.[Pt+2]. The summed E-state index contributed by atoms with van der Waals surface area (Å²) in [7, 11) is 0. The van der Waals surface area contributed by atoms with Crippen molar-refractivity contribution in [2.24, 2.45) is 0 Å². The molecular weight excluding hydrogens is 796 g/mol. The van der Waals surface area contributed by atoms with E-state index in [9.17, 15) is 0 Å². The normalized spacial score (nSPS) is 13.1. The Morgan fingerprint density at radius 3 is 2.10 bits per heavy atom. The minimum absolute atomic E-state index is 0. The van der Waals surface area contributed by atoms with Crippen LogP contribution in [-0.2, 0) is 31.9 Å². The molecule has 252 valence electrons. The molecule has 0 saturated carbocycles. The molecule has 0 spiro atoms. The zero-order chi connectivity index (χ0) is 33.9. The third-order valence-corrected chi connectivity index (χ3v) is 9.42. The van der Waals surface area contributed by atoms with E-state index in [1.165, 1.54) is 11.3 Å². The van der Waals surface area contributed by atoms with Gasteiger partial charge < -0.3 is 19.1 Å². The number of benzene rings is 5. The van der Waals surface area contributed by atoms with Crippen LogP contribution in [0.2, 0.25) is 0 Å². The van der Waals surface area contributed by atoms with E-state index in [1.54, 1.807) is 0 Å². The van der Waals surface area contributed by atoms with Gasteiger partial charge in [-0.25, -0.2) is 4.98 Å². The minimum Gasteiger partial charge on any atom is -0.509 e. The van der Waals surface area contributed by atoms with Crippen LogP contribution < -0.4 is 14.5 Å². The van der Waals surface area contributed by atoms with E-state index in [0.29, 0.717) is 18.2 Å². The second-order valence-corrected chi connectivity index (χ2v) is 14.9. The number of fused-ring (bicyclic) bond motifs is 4. The third-order valence-electron chi connectivity index (χ3n) is 9.42. The summed E-state index contributed by atoms with van der Waals surface area (Å²) in [5, 5.41) is 2.26. The number of hydrogen-bond donors (Lipinski definition) is 0. The fraction of sp³-hybridized carbons (Fsp3) is 0.205. The van der Waals surface area contributed by atoms with Crippen LogP contribution in [0.1, 0.15) is 52.7 Å². The maximum absolute atomic E-state index is 6.82. The number of nitrogens with zero attached hydrogens (tertiary/aromatic N) is 4. The maximum atomic E-state index is 6.82. The molecule has 3 heterocycles. The fourth-order valence-electron chi connectivity index (χ4n) is 6.83. The summed E-state index contributed by atoms with van der Waals surface area (Å²) < 4.78 is 9.03. The van der Waals surface area contributed by atoms with E-state index < -0.39 is 0 Å². The van der Waals surface area contributed by atoms with Gasteiger partial charge in [0.2, 0.25) is 0 Å². The van der Waals surface area contributed by atoms with Crippen LogP contribution in [-0.4, -0.2) is 16.2 Å². The van der Waals surface area contributed by atoms with Crippen LogP contribution in [0.4, 0.5) is 22.7 Å². The molecule has 2 aromatic heterocycles. The molecule has 6 heteroatoms. The Labute approximate surface area is 309 Å². The zero-order valence-corrected chi connectivity index (χ0v) is 31.5. The van der Waals surface area contributed by atoms with Gasteiger partial charge in [0.1, 0.15) is 5.82 Å². The van der Waals surface area contributed by atoms with E-state index in [0.717, 1.165) is 50.2 Å². The van der Waals surface area contributed by atoms with Crippen LogP contribution >= 0.6 is 0 Å². The molecule has 1 aliphatic rings. The number of rotatable bonds is 5. The first-order valence-corrected chi connectivity index (χ1v) is 16.9. The van der Waals surface area contributed by atoms with Crippen molar-refractivity contribution < 1.29 is 25.8 Å². The van der Waals surface area contributed by atoms with Gasteiger partial charge in [-0.15, -0.1) is 35.2 Å². The second-order valence-electron chi connectivity index (χ2n) is 14.9. The Balaban J connectivity index is 0.00000392. The van der Waals surface area contributed by atoms with Gasteiger partial charge in [0, 0.05) is 28.9 Å². The van der Waals surface area contributed by atoms with Crippen molar-refractivity contribution in [3.8, 4) is 17.3 Å². The number of anilines is 4. The summed E-state index contributed by atoms with van der Waals surface area (Å²) in [6.45, 7) is 14.0. The first-order valence-electron chi connectivity index (χ1n) is 16.9. The largest absolute Gasteiger partial charge is 2.00 e. The molecule has 0 aliphatic carbocycles. The molecule has 0 radical (unpaired) electrons. The topological polar surface area (TPSA) is 33.5 Å². The zero-order valence-electron chi connectivity index (χ0n) is 29.3. The summed E-state index contributed by atoms with van der Waals surface area (Å²) in [5.41, 5.74) is 8.56. The first-order chi connectivity index (χ1) is 23.6. The van der Waals surface area contributed by atoms with Crippen molar-refractivity contribution in [1.29, 1.82) is 0 Å². The molecule has 0 saturated heterocycles. The molecule has 0 fully saturated rings. The molecule has 7 aromatic rings. The van der Waals surface area contributed by atoms with E-state index in [1.807, 2.05) is 12.3 Å². The van der Waals surface area contributed by atoms with Crippen LogP contribution in [0.25, 0.3) is 27.6 Å². The monoisotopic (exact) mass is 835 g/mol. The smallest absolute Gasteiger partial charge is 0.509 e. The van der Waals surface area contributed by atoms with E-state index in [4.69, 9.17) is 9.72 Å². The van der Waals surface area contributed by atoms with Crippen molar-refractivity contribution in [1.82, 2.24) is 9.55 Å². The molecule has 5 aromatic carbocycles. The average molecular weight is 836 g/mol. The summed E-state index contributed by atoms with van der Waals surface area (Å²) >= 11 is 0. The van der Waals surface area contributed by atoms with E-state index in [2.05, 4.69) is 177 Å². The van der Waals surface area contributed by atoms with Gasteiger partial charge in [0.15, 0.2) is 0 Å². The van der Waals surface area contributed by atoms with Crippen molar-refractivity contribution in [3.63, 3.8) is 0 Å². The van der Waals surface area contributed by atoms with Gasteiger partial charge in [-0.1, -0.05) is 107 Å². The van der Waals surface area contributed by atoms with Gasteiger partial charge in [-0.3, -0.25) is 0 Å². The number of para-hydroxylation sites is 4. The maximum Gasteiger partial charge on any atom is 2.00 e. The molecule has 0 atom stereocenters. The van der Waals surface area contributed by atoms with Crippen LogP contribution in [0.3, 0.4) is 0 Å². The van der Waals surface area contributed by atoms with Crippen molar-refractivity contribution >= 4 is 44.6 Å². The Morgan fingerprint density at radius 2 is 1.36 bits per heavy atom. The van der Waals surface area contributed by atoms with Gasteiger partial charge in [0.05, 0.1) is 18.0 Å². The van der Waals surface area contributed by atoms with Crippen molar-refractivity contribution in [3.05, 3.63) is 145 Å². The van der Waals surface area contributed by atoms with Crippen LogP contribution in [0.5, 0.6) is 11.5 Å². The number of pyridine rings is 1. The molecular formula is C44H40N4OPt. The molecule has 8 rings (SSSR count). The van der Waals surface area contributed by atoms with Gasteiger partial charge in [0.25, 0.3) is 0 Å². The predicted octanol–water partition coefficient (Wildman–Crippen LogP) is 11.4. The van der Waals surface area contributed by atoms with Gasteiger partial charge >= 0.3 is 21.1 Å². The van der Waals surface area contributed by atoms with Gasteiger partial charge in [-0.2, -0.15) is 12.1 Å². The molecule has 1 aliphatic heterocycles. The molecule has 5 nitrogen and oxygen atoms in total. The molecule has 50 heavy (non-hydrogen) atoms. The predicted molar refractivity (Wildman–Crippen MR) is 202 cm³/mol. The van der Waals surface area contributed by atoms with Crippen LogP contribution in [0.15, 0.2) is 121 Å². The number of hydrogen-bond acceptors (Lipinski definition) is 4. The molecule has 0 bridgehead atoms. The quantitative estimate of drug-likeness (QED) is 0.162. The number of aromatic nitrogens is 2. The third kappa shape index (κ3) is 5.98. The van der Waals surface area contributed by atoms with Crippen molar-refractivity contribution in [2.45, 2.75) is 52.4 Å². The Kier molecular flexibility index (Phi) is 8.60. The Bertz CT molecular complexity index is 2330. The van der Waals surface area contributed by atoms with E-state index >= 15 is 0 Å². The average Bonchev–Trinajstić information content (AvgIpc) is 3.64. The summed E-state index contributed by atoms with van der Waals surface area (Å²) in [6.07, 6.45) is 1.91. The summed E-state index contributed by atoms with van der Waals surface area (Å²) in [4.78, 5) is 9.49. The minimum atomic E-state index is -0.167. The standard InChI is InChI=1S/C44H40N4O.Pt/c1-43(2,3)30-24-25-45-42(26-30)48-37-17-11-10-16-34(37)35-22-21-33(28-40(35)48)49-41-27-32(20-23-36(41)44(4,5)6)47-29-46(31-14-8-7-9-15-31)38-18-12-13-19-39(38)47;/h7-26H,29H2,1-6H3;/q-2;+2. The summed E-state index contributed by atoms with van der Waals surface area (Å²) in [6, 6.07) is 47.7. The molecule has 0 amide bonds. The molecule has 0 unspecified atom stereocenters. The Hall–Kier alpha value is -4.86. The Morgan fingerprint density at radius 1 is 0.660 bits per heavy atom.